The molecule has 3 rings (SSSR count). The fourth-order valence-corrected chi connectivity index (χ4v) is 4.78. The molecule has 0 saturated carbocycles. The van der Waals surface area contributed by atoms with E-state index >= 15 is 0 Å². The number of carbonyl (C=O) groups excluding carboxylic acids is 2. The molecule has 1 aromatic heterocycles. The molecule has 0 saturated heterocycles. The maximum atomic E-state index is 12.9. The molecule has 38 heavy (non-hydrogen) atoms. The van der Waals surface area contributed by atoms with Crippen LogP contribution in [-0.4, -0.2) is 48.1 Å². The van der Waals surface area contributed by atoms with E-state index in [9.17, 15) is 19.6 Å². The van der Waals surface area contributed by atoms with Crippen LogP contribution < -0.4 is 25.4 Å². The number of ether oxygens (including phenoxy) is 1. The molecule has 0 radical (unpaired) electrons. The number of hydrogen-bond acceptors (Lipinski definition) is 8. The van der Waals surface area contributed by atoms with Crippen LogP contribution in [0, 0.1) is 11.3 Å². The highest BCUT2D eigenvalue weighted by molar-refractivity contribution is 7.07. The highest BCUT2D eigenvalue weighted by Gasteiger charge is 2.16. The number of benzene rings is 2. The summed E-state index contributed by atoms with van der Waals surface area (Å²) < 4.78 is 6.91. The summed E-state index contributed by atoms with van der Waals surface area (Å²) in [5, 5.41) is 15.5. The molecule has 0 atom stereocenters. The number of amides is 1. The molecule has 3 aromatic rings. The minimum absolute atomic E-state index is 0.128. The topological polar surface area (TPSA) is 116 Å². The summed E-state index contributed by atoms with van der Waals surface area (Å²) in [5.74, 6) is -0.888. The Balaban J connectivity index is 1.70. The summed E-state index contributed by atoms with van der Waals surface area (Å²) in [6.45, 7) is 4.85. The minimum atomic E-state index is -0.757. The highest BCUT2D eigenvalue weighted by Crippen LogP contribution is 2.15. The van der Waals surface area contributed by atoms with Crippen LogP contribution in [0.5, 0.6) is 0 Å². The number of thiazole rings is 1. The van der Waals surface area contributed by atoms with Gasteiger partial charge in [-0.2, -0.15) is 5.26 Å². The van der Waals surface area contributed by atoms with Crippen LogP contribution in [0.15, 0.2) is 59.4 Å². The molecule has 0 aliphatic heterocycles. The Kier molecular flexibility index (Phi) is 10.4. The molecule has 10 heteroatoms. The van der Waals surface area contributed by atoms with Gasteiger partial charge in [0.2, 0.25) is 5.91 Å². The zero-order chi connectivity index (χ0) is 27.5. The lowest BCUT2D eigenvalue weighted by Gasteiger charge is -2.16. The first-order valence-corrected chi connectivity index (χ1v) is 13.1. The Hall–Kier alpha value is -4.20. The lowest BCUT2D eigenvalue weighted by molar-refractivity contribution is -0.136. The number of carbonyl (C=O) groups is 2. The molecule has 0 unspecified atom stereocenters. The molecule has 198 valence electrons. The van der Waals surface area contributed by atoms with Gasteiger partial charge in [0.1, 0.15) is 15.3 Å². The first kappa shape index (κ1) is 28.4. The Morgan fingerprint density at radius 1 is 1.13 bits per heavy atom. The monoisotopic (exact) mass is 533 g/mol. The molecule has 0 aliphatic rings. The van der Waals surface area contributed by atoms with Crippen molar-refractivity contribution >= 4 is 46.4 Å². The van der Waals surface area contributed by atoms with Crippen LogP contribution in [0.4, 0.5) is 11.4 Å². The summed E-state index contributed by atoms with van der Waals surface area (Å²) >= 11 is 1.04. The summed E-state index contributed by atoms with van der Waals surface area (Å²) in [5.41, 5.74) is 1.98. The zero-order valence-electron chi connectivity index (χ0n) is 21.7. The fraction of sp³-hybridized carbons (Fsp3) is 0.286. The van der Waals surface area contributed by atoms with Gasteiger partial charge in [-0.3, -0.25) is 19.1 Å². The van der Waals surface area contributed by atoms with Crippen LogP contribution in [0.3, 0.4) is 0 Å². The molecule has 0 aliphatic carbocycles. The number of anilines is 2. The average Bonchev–Trinajstić information content (AvgIpc) is 3.22. The van der Waals surface area contributed by atoms with Gasteiger partial charge in [0.25, 0.3) is 5.56 Å². The fourth-order valence-electron chi connectivity index (χ4n) is 3.70. The number of nitriles is 1. The third kappa shape index (κ3) is 7.65. The quantitative estimate of drug-likeness (QED) is 0.363. The zero-order valence-corrected chi connectivity index (χ0v) is 22.5. The predicted molar refractivity (Wildman–Crippen MR) is 150 cm³/mol. The van der Waals surface area contributed by atoms with Crippen LogP contribution in [0.2, 0.25) is 0 Å². The molecule has 0 bridgehead atoms. The maximum Gasteiger partial charge on any atom is 0.351 e. The standard InChI is InChI=1S/C28H31N5O4S/c1-4-33-26(35)24(38-27(33)23(17-29)28(36)37-5-2)18-30-21-12-9-13-22(16-21)31-25(34)19-32(3)15-14-20-10-7-6-8-11-20/h6-13,16,18,30H,4-5,14-15,19H2,1-3H3,(H,31,34). The first-order chi connectivity index (χ1) is 18.4. The van der Waals surface area contributed by atoms with Gasteiger partial charge in [-0.05, 0) is 51.1 Å². The predicted octanol–water partition coefficient (Wildman–Crippen LogP) is 2.13. The molecular formula is C28H31N5O4S. The van der Waals surface area contributed by atoms with E-state index in [0.717, 1.165) is 24.3 Å². The summed E-state index contributed by atoms with van der Waals surface area (Å²) in [4.78, 5) is 39.6. The van der Waals surface area contributed by atoms with E-state index in [1.54, 1.807) is 38.1 Å². The number of rotatable bonds is 11. The smallest absolute Gasteiger partial charge is 0.351 e. The van der Waals surface area contributed by atoms with Crippen molar-refractivity contribution in [2.75, 3.05) is 37.4 Å². The Labute approximate surface area is 225 Å². The normalized spacial score (nSPS) is 12.1. The average molecular weight is 534 g/mol. The molecule has 9 nitrogen and oxygen atoms in total. The van der Waals surface area contributed by atoms with Gasteiger partial charge >= 0.3 is 5.97 Å². The van der Waals surface area contributed by atoms with Crippen molar-refractivity contribution in [3.05, 3.63) is 79.7 Å². The molecule has 2 aromatic carbocycles. The van der Waals surface area contributed by atoms with E-state index in [-0.39, 0.29) is 34.9 Å². The SMILES string of the molecule is CCOC(=O)C(C#N)=c1sc(=CNc2cccc(NC(=O)CN(C)CCc3ccccc3)c2)c(=O)n1CC. The number of nitrogens with zero attached hydrogens (tertiary/aromatic N) is 3. The Morgan fingerprint density at radius 2 is 1.87 bits per heavy atom. The van der Waals surface area contributed by atoms with Crippen LogP contribution in [-0.2, 0) is 27.3 Å². The number of likely N-dealkylation sites (N-methyl/N-ethyl adjacent to an activating group) is 1. The van der Waals surface area contributed by atoms with Gasteiger partial charge in [-0.15, -0.1) is 11.3 Å². The minimum Gasteiger partial charge on any atom is -0.462 e. The molecule has 0 fully saturated rings. The maximum absolute atomic E-state index is 12.9. The lowest BCUT2D eigenvalue weighted by atomic mass is 10.1. The van der Waals surface area contributed by atoms with Gasteiger partial charge in [0.15, 0.2) is 5.57 Å². The van der Waals surface area contributed by atoms with E-state index in [1.807, 2.05) is 36.2 Å². The molecule has 0 spiro atoms. The van der Waals surface area contributed by atoms with Gasteiger partial charge in [-0.25, -0.2) is 4.79 Å². The lowest BCUT2D eigenvalue weighted by Crippen LogP contribution is -2.32. The Morgan fingerprint density at radius 3 is 2.55 bits per heavy atom. The van der Waals surface area contributed by atoms with Gasteiger partial charge in [0.05, 0.1) is 13.2 Å². The van der Waals surface area contributed by atoms with Crippen molar-refractivity contribution < 1.29 is 14.3 Å². The largest absolute Gasteiger partial charge is 0.462 e. The third-order valence-corrected chi connectivity index (χ3v) is 6.71. The summed E-state index contributed by atoms with van der Waals surface area (Å²) in [7, 11) is 1.91. The number of esters is 1. The second-order valence-corrected chi connectivity index (χ2v) is 9.45. The van der Waals surface area contributed by atoms with Gasteiger partial charge in [0, 0.05) is 30.7 Å². The molecule has 2 N–H and O–H groups in total. The number of aromatic nitrogens is 1. The molecule has 1 amide bonds. The van der Waals surface area contributed by atoms with Crippen molar-refractivity contribution in [2.24, 2.45) is 0 Å². The highest BCUT2D eigenvalue weighted by atomic mass is 32.1. The van der Waals surface area contributed by atoms with Crippen LogP contribution >= 0.6 is 11.3 Å². The number of hydrogen-bond donors (Lipinski definition) is 2. The van der Waals surface area contributed by atoms with E-state index in [0.29, 0.717) is 22.5 Å². The van der Waals surface area contributed by atoms with Crippen molar-refractivity contribution in [1.29, 1.82) is 5.26 Å². The van der Waals surface area contributed by atoms with Crippen molar-refractivity contribution in [3.63, 3.8) is 0 Å². The van der Waals surface area contributed by atoms with Crippen molar-refractivity contribution in [3.8, 4) is 6.07 Å². The second-order valence-electron chi connectivity index (χ2n) is 8.42. The summed E-state index contributed by atoms with van der Waals surface area (Å²) in [6.07, 6.45) is 2.39. The van der Waals surface area contributed by atoms with E-state index in [1.165, 1.54) is 16.3 Å². The van der Waals surface area contributed by atoms with Crippen molar-refractivity contribution in [1.82, 2.24) is 9.47 Å². The molecular weight excluding hydrogens is 502 g/mol. The summed E-state index contributed by atoms with van der Waals surface area (Å²) in [6, 6.07) is 19.1. The van der Waals surface area contributed by atoms with E-state index in [2.05, 4.69) is 22.8 Å². The van der Waals surface area contributed by atoms with Gasteiger partial charge < -0.3 is 15.4 Å². The Bertz CT molecular complexity index is 1490. The molecule has 1 heterocycles. The van der Waals surface area contributed by atoms with Gasteiger partial charge in [-0.1, -0.05) is 36.4 Å². The third-order valence-electron chi connectivity index (χ3n) is 5.58. The van der Waals surface area contributed by atoms with Crippen LogP contribution in [0.1, 0.15) is 19.4 Å². The van der Waals surface area contributed by atoms with Crippen LogP contribution in [0.25, 0.3) is 11.8 Å². The van der Waals surface area contributed by atoms with E-state index in [4.69, 9.17) is 4.74 Å². The van der Waals surface area contributed by atoms with E-state index < -0.39 is 5.97 Å². The second kappa shape index (κ2) is 13.9. The van der Waals surface area contributed by atoms with Crippen molar-refractivity contribution in [2.45, 2.75) is 26.8 Å². The first-order valence-electron chi connectivity index (χ1n) is 12.3. The number of nitrogens with one attached hydrogen (secondary N) is 2.